The Balaban J connectivity index is 1.66. The molecule has 0 saturated carbocycles. The number of carbonyl (C=O) groups is 1. The van der Waals surface area contributed by atoms with Crippen molar-refractivity contribution in [1.29, 1.82) is 0 Å². The smallest absolute Gasteiger partial charge is 0.426 e. The van der Waals surface area contributed by atoms with E-state index in [1.807, 2.05) is 0 Å². The molecule has 1 aliphatic rings. The Morgan fingerprint density at radius 1 is 1.15 bits per heavy atom. The first-order valence-corrected chi connectivity index (χ1v) is 10.6. The van der Waals surface area contributed by atoms with Gasteiger partial charge in [0, 0.05) is 18.8 Å². The number of nitrogens with one attached hydrogen (secondary N) is 1. The van der Waals surface area contributed by atoms with Gasteiger partial charge in [-0.25, -0.2) is 9.18 Å². The van der Waals surface area contributed by atoms with E-state index in [1.165, 1.54) is 17.0 Å². The van der Waals surface area contributed by atoms with Gasteiger partial charge in [0.1, 0.15) is 5.82 Å². The van der Waals surface area contributed by atoms with Crippen molar-refractivity contribution in [3.8, 4) is 0 Å². The van der Waals surface area contributed by atoms with Gasteiger partial charge < -0.3 is 4.74 Å². The van der Waals surface area contributed by atoms with Crippen LogP contribution >= 0.6 is 11.6 Å². The van der Waals surface area contributed by atoms with Crippen LogP contribution in [0.25, 0.3) is 0 Å². The molecule has 0 spiro atoms. The van der Waals surface area contributed by atoms with Gasteiger partial charge in [-0.05, 0) is 55.1 Å². The van der Waals surface area contributed by atoms with E-state index in [0.29, 0.717) is 18.4 Å². The number of ether oxygens (including phenoxy) is 1. The number of likely N-dealkylation sites (tertiary alicyclic amines) is 1. The van der Waals surface area contributed by atoms with Crippen LogP contribution in [0.2, 0.25) is 5.02 Å². The van der Waals surface area contributed by atoms with Gasteiger partial charge in [-0.3, -0.25) is 10.2 Å². The van der Waals surface area contributed by atoms with Crippen LogP contribution in [-0.4, -0.2) is 42.9 Å². The molecule has 4 nitrogen and oxygen atoms in total. The van der Waals surface area contributed by atoms with E-state index in [0.717, 1.165) is 30.3 Å². The number of amides is 1. The van der Waals surface area contributed by atoms with Crippen LogP contribution in [0.5, 0.6) is 0 Å². The molecule has 186 valence electrons. The molecule has 1 N–H and O–H groups in total. The highest BCUT2D eigenvalue weighted by Crippen LogP contribution is 2.34. The van der Waals surface area contributed by atoms with Gasteiger partial charge in [0.05, 0.1) is 10.6 Å². The number of halogens is 8. The molecule has 34 heavy (non-hydrogen) atoms. The van der Waals surface area contributed by atoms with E-state index in [2.05, 4.69) is 10.1 Å². The Morgan fingerprint density at radius 3 is 2.53 bits per heavy atom. The average molecular weight is 513 g/mol. The summed E-state index contributed by atoms with van der Waals surface area (Å²) in [4.78, 5) is 13.4. The van der Waals surface area contributed by atoms with E-state index in [-0.39, 0.29) is 23.8 Å². The summed E-state index contributed by atoms with van der Waals surface area (Å²) in [6.07, 6.45) is -12.3. The fourth-order valence-corrected chi connectivity index (χ4v) is 3.94. The first-order valence-electron chi connectivity index (χ1n) is 10.2. The van der Waals surface area contributed by atoms with Crippen LogP contribution in [-0.2, 0) is 10.9 Å². The molecule has 1 unspecified atom stereocenters. The lowest BCUT2D eigenvalue weighted by molar-refractivity contribution is -0.207. The fraction of sp³-hybridized carbons (Fsp3) is 0.409. The van der Waals surface area contributed by atoms with Crippen molar-refractivity contribution in [2.24, 2.45) is 0 Å². The second-order valence-electron chi connectivity index (χ2n) is 7.91. The number of carbonyl (C=O) groups excluding carboxylic acids is 1. The minimum Gasteiger partial charge on any atom is -0.435 e. The molecular weight excluding hydrogens is 493 g/mol. The van der Waals surface area contributed by atoms with Gasteiger partial charge >= 0.3 is 18.4 Å². The molecule has 2 aromatic rings. The number of piperidine rings is 1. The summed E-state index contributed by atoms with van der Waals surface area (Å²) in [6.45, 7) is -0.344. The summed E-state index contributed by atoms with van der Waals surface area (Å²) in [5.74, 6) is -1.17. The summed E-state index contributed by atoms with van der Waals surface area (Å²) in [5.41, 5.74) is -0.494. The molecule has 1 heterocycles. The molecule has 1 fully saturated rings. The second kappa shape index (κ2) is 10.4. The van der Waals surface area contributed by atoms with Gasteiger partial charge in [0.25, 0.3) is 0 Å². The molecule has 0 aromatic heterocycles. The highest BCUT2D eigenvalue weighted by atomic mass is 35.5. The maximum Gasteiger partial charge on any atom is 0.426 e. The van der Waals surface area contributed by atoms with Crippen molar-refractivity contribution in [1.82, 2.24) is 4.90 Å². The van der Waals surface area contributed by atoms with E-state index >= 15 is 0 Å². The molecule has 0 radical (unpaired) electrons. The quantitative estimate of drug-likeness (QED) is 0.445. The maximum absolute atomic E-state index is 13.6. The Labute approximate surface area is 195 Å². The van der Waals surface area contributed by atoms with Gasteiger partial charge in [-0.15, -0.1) is 0 Å². The van der Waals surface area contributed by atoms with Gasteiger partial charge in [-0.2, -0.15) is 26.3 Å². The van der Waals surface area contributed by atoms with Crippen molar-refractivity contribution >= 4 is 23.4 Å². The summed E-state index contributed by atoms with van der Waals surface area (Å²) >= 11 is 5.59. The summed E-state index contributed by atoms with van der Waals surface area (Å²) in [5, 5.41) is 1.73. The van der Waals surface area contributed by atoms with Crippen molar-refractivity contribution < 1.29 is 40.3 Å². The standard InChI is InChI=1S/C22H20ClF7N2O2/c23-17-10-16(6-7-18(17)24)31-20(33)34-19(22(28,29)30)12-32-8-2-4-14(11-32)13-3-1-5-15(9-13)21(25,26)27/h1,3,5-7,9-10,14,19H,2,4,8,11-12H2,(H,31,33)/t14-,19?/m1/s1. The minimum absolute atomic E-state index is 0.0556. The molecule has 1 amide bonds. The molecular formula is C22H20ClF7N2O2. The molecule has 12 heteroatoms. The minimum atomic E-state index is -4.89. The third-order valence-corrected chi connectivity index (χ3v) is 5.68. The summed E-state index contributed by atoms with van der Waals surface area (Å²) in [6, 6.07) is 7.78. The lowest BCUT2D eigenvalue weighted by atomic mass is 9.89. The van der Waals surface area contributed by atoms with Crippen molar-refractivity contribution in [3.05, 3.63) is 64.4 Å². The van der Waals surface area contributed by atoms with E-state index in [4.69, 9.17) is 11.6 Å². The number of hydrogen-bond donors (Lipinski definition) is 1. The Morgan fingerprint density at radius 2 is 1.88 bits per heavy atom. The molecule has 2 aromatic carbocycles. The molecule has 0 bridgehead atoms. The van der Waals surface area contributed by atoms with E-state index in [9.17, 15) is 35.5 Å². The van der Waals surface area contributed by atoms with Crippen LogP contribution < -0.4 is 5.32 Å². The summed E-state index contributed by atoms with van der Waals surface area (Å²) in [7, 11) is 0. The SMILES string of the molecule is O=C(Nc1ccc(F)c(Cl)c1)OC(CN1CCC[C@@H](c2cccc(C(F)(F)F)c2)C1)C(F)(F)F. The fourth-order valence-electron chi connectivity index (χ4n) is 3.75. The number of hydrogen-bond acceptors (Lipinski definition) is 3. The summed E-state index contributed by atoms with van der Waals surface area (Å²) < 4.78 is 97.6. The monoisotopic (exact) mass is 512 g/mol. The van der Waals surface area contributed by atoms with Crippen LogP contribution in [0.15, 0.2) is 42.5 Å². The van der Waals surface area contributed by atoms with Crippen LogP contribution in [0.3, 0.4) is 0 Å². The van der Waals surface area contributed by atoms with Crippen LogP contribution in [0.4, 0.5) is 41.2 Å². The zero-order valence-electron chi connectivity index (χ0n) is 17.5. The highest BCUT2D eigenvalue weighted by molar-refractivity contribution is 6.31. The highest BCUT2D eigenvalue weighted by Gasteiger charge is 2.44. The number of anilines is 1. The largest absolute Gasteiger partial charge is 0.435 e. The molecule has 0 aliphatic carbocycles. The van der Waals surface area contributed by atoms with Gasteiger partial charge in [0.15, 0.2) is 0 Å². The first kappa shape index (κ1) is 26.1. The van der Waals surface area contributed by atoms with E-state index < -0.39 is 48.4 Å². The number of nitrogens with zero attached hydrogens (tertiary/aromatic N) is 1. The third kappa shape index (κ3) is 6.99. The van der Waals surface area contributed by atoms with Crippen LogP contribution in [0, 0.1) is 5.82 Å². The maximum atomic E-state index is 13.6. The van der Waals surface area contributed by atoms with Crippen molar-refractivity contribution in [2.45, 2.75) is 37.2 Å². The normalized spacial score (nSPS) is 18.4. The second-order valence-corrected chi connectivity index (χ2v) is 8.32. The molecule has 1 saturated heterocycles. The lowest BCUT2D eigenvalue weighted by Crippen LogP contribution is -2.47. The first-order chi connectivity index (χ1) is 15.8. The van der Waals surface area contributed by atoms with Gasteiger partial charge in [-0.1, -0.05) is 29.8 Å². The zero-order valence-corrected chi connectivity index (χ0v) is 18.3. The number of alkyl halides is 6. The molecule has 2 atom stereocenters. The van der Waals surface area contributed by atoms with E-state index in [1.54, 1.807) is 0 Å². The van der Waals surface area contributed by atoms with Crippen LogP contribution in [0.1, 0.15) is 29.9 Å². The van der Waals surface area contributed by atoms with Gasteiger partial charge in [0.2, 0.25) is 6.10 Å². The Kier molecular flexibility index (Phi) is 7.97. The zero-order chi connectivity index (χ0) is 25.1. The number of benzene rings is 2. The predicted octanol–water partition coefficient (Wildman–Crippen LogP) is 6.86. The molecule has 3 rings (SSSR count). The Hall–Kier alpha value is -2.53. The van der Waals surface area contributed by atoms with Crippen molar-refractivity contribution in [2.75, 3.05) is 25.0 Å². The topological polar surface area (TPSA) is 41.6 Å². The third-order valence-electron chi connectivity index (χ3n) is 5.40. The van der Waals surface area contributed by atoms with Crippen molar-refractivity contribution in [3.63, 3.8) is 0 Å². The predicted molar refractivity (Wildman–Crippen MR) is 111 cm³/mol. The molecule has 1 aliphatic heterocycles. The average Bonchev–Trinajstić information content (AvgIpc) is 2.75. The Bertz CT molecular complexity index is 1010. The number of rotatable bonds is 5. The lowest BCUT2D eigenvalue weighted by Gasteiger charge is -2.35.